The average molecular weight is 312 g/mol. The summed E-state index contributed by atoms with van der Waals surface area (Å²) in [4.78, 5) is 14.7. The van der Waals surface area contributed by atoms with Crippen LogP contribution in [0.3, 0.4) is 0 Å². The quantitative estimate of drug-likeness (QED) is 0.509. The fourth-order valence-corrected chi connectivity index (χ4v) is 2.25. The maximum Gasteiger partial charge on any atom is 0.269 e. The second-order valence-corrected chi connectivity index (χ2v) is 6.51. The van der Waals surface area contributed by atoms with Crippen LogP contribution in [0.15, 0.2) is 41.4 Å². The number of nitro groups is 1. The molecule has 1 N–H and O–H groups in total. The van der Waals surface area contributed by atoms with Gasteiger partial charge in [0.2, 0.25) is 0 Å². The van der Waals surface area contributed by atoms with Gasteiger partial charge < -0.3 is 5.11 Å². The number of hydrogen-bond acceptors (Lipinski definition) is 4. The molecule has 2 rings (SSSR count). The van der Waals surface area contributed by atoms with Gasteiger partial charge in [0, 0.05) is 23.9 Å². The summed E-state index contributed by atoms with van der Waals surface area (Å²) in [6.45, 7) is 7.97. The normalized spacial score (nSPS) is 11.8. The van der Waals surface area contributed by atoms with Crippen LogP contribution < -0.4 is 0 Å². The van der Waals surface area contributed by atoms with E-state index in [-0.39, 0.29) is 16.9 Å². The highest BCUT2D eigenvalue weighted by atomic mass is 16.6. The lowest BCUT2D eigenvalue weighted by Crippen LogP contribution is -2.11. The van der Waals surface area contributed by atoms with Crippen LogP contribution in [0.4, 0.5) is 11.4 Å². The van der Waals surface area contributed by atoms with E-state index in [2.05, 4.69) is 4.99 Å². The van der Waals surface area contributed by atoms with Crippen molar-refractivity contribution in [3.8, 4) is 5.75 Å². The van der Waals surface area contributed by atoms with Crippen molar-refractivity contribution in [3.05, 3.63) is 63.2 Å². The molecule has 0 aliphatic carbocycles. The molecular formula is C18H20N2O3. The zero-order valence-corrected chi connectivity index (χ0v) is 13.7. The molecule has 0 saturated heterocycles. The second-order valence-electron chi connectivity index (χ2n) is 6.51. The van der Waals surface area contributed by atoms with Gasteiger partial charge in [-0.15, -0.1) is 0 Å². The Bertz CT molecular complexity index is 757. The first-order valence-electron chi connectivity index (χ1n) is 7.31. The molecule has 0 aliphatic heterocycles. The maximum absolute atomic E-state index is 10.6. The lowest BCUT2D eigenvalue weighted by molar-refractivity contribution is -0.384. The van der Waals surface area contributed by atoms with Crippen LogP contribution in [0.2, 0.25) is 0 Å². The van der Waals surface area contributed by atoms with Crippen LogP contribution in [0.1, 0.15) is 37.5 Å². The molecular weight excluding hydrogens is 292 g/mol. The molecule has 0 saturated carbocycles. The number of nitrogens with zero attached hydrogens (tertiary/aromatic N) is 2. The summed E-state index contributed by atoms with van der Waals surface area (Å²) in [6, 6.07) is 9.80. The van der Waals surface area contributed by atoms with Gasteiger partial charge in [-0.2, -0.15) is 0 Å². The molecule has 0 spiro atoms. The smallest absolute Gasteiger partial charge is 0.269 e. The number of aliphatic imine (C=N–C) groups is 1. The fourth-order valence-electron chi connectivity index (χ4n) is 2.25. The van der Waals surface area contributed by atoms with Crippen molar-refractivity contribution < 1.29 is 10.0 Å². The zero-order valence-electron chi connectivity index (χ0n) is 13.7. The van der Waals surface area contributed by atoms with Gasteiger partial charge in [0.25, 0.3) is 5.69 Å². The van der Waals surface area contributed by atoms with Crippen molar-refractivity contribution >= 4 is 17.6 Å². The van der Waals surface area contributed by atoms with Gasteiger partial charge in [0.05, 0.1) is 10.6 Å². The standard InChI is InChI=1S/C18H20N2O3/c1-12-9-17(21)15(18(2,3)4)10-16(12)19-11-13-5-7-14(8-6-13)20(22)23/h5-11,21H,1-4H3. The minimum absolute atomic E-state index is 0.0537. The summed E-state index contributed by atoms with van der Waals surface area (Å²) >= 11 is 0. The van der Waals surface area contributed by atoms with E-state index in [1.807, 2.05) is 33.8 Å². The number of rotatable bonds is 3. The number of aromatic hydroxyl groups is 1. The molecule has 120 valence electrons. The Morgan fingerprint density at radius 2 is 1.78 bits per heavy atom. The fraction of sp³-hybridized carbons (Fsp3) is 0.278. The lowest BCUT2D eigenvalue weighted by Gasteiger charge is -2.21. The van der Waals surface area contributed by atoms with E-state index in [0.29, 0.717) is 0 Å². The average Bonchev–Trinajstić information content (AvgIpc) is 2.45. The number of aryl methyl sites for hydroxylation is 1. The van der Waals surface area contributed by atoms with E-state index in [1.54, 1.807) is 24.4 Å². The highest BCUT2D eigenvalue weighted by molar-refractivity contribution is 5.82. The summed E-state index contributed by atoms with van der Waals surface area (Å²) in [5.74, 6) is 0.268. The summed E-state index contributed by atoms with van der Waals surface area (Å²) in [5, 5.41) is 20.8. The Morgan fingerprint density at radius 1 is 1.17 bits per heavy atom. The predicted molar refractivity (Wildman–Crippen MR) is 91.9 cm³/mol. The van der Waals surface area contributed by atoms with Crippen molar-refractivity contribution in [1.29, 1.82) is 0 Å². The summed E-state index contributed by atoms with van der Waals surface area (Å²) in [7, 11) is 0. The van der Waals surface area contributed by atoms with Crippen molar-refractivity contribution in [2.45, 2.75) is 33.1 Å². The second kappa shape index (κ2) is 6.20. The Morgan fingerprint density at radius 3 is 2.30 bits per heavy atom. The van der Waals surface area contributed by atoms with Crippen molar-refractivity contribution in [3.63, 3.8) is 0 Å². The Kier molecular flexibility index (Phi) is 4.50. The van der Waals surface area contributed by atoms with Gasteiger partial charge in [-0.05, 0) is 47.7 Å². The summed E-state index contributed by atoms with van der Waals surface area (Å²) in [6.07, 6.45) is 1.66. The Labute approximate surface area is 135 Å². The number of non-ortho nitro benzene ring substituents is 1. The van der Waals surface area contributed by atoms with Gasteiger partial charge in [-0.3, -0.25) is 15.1 Å². The number of phenols is 1. The van der Waals surface area contributed by atoms with Crippen molar-refractivity contribution in [2.75, 3.05) is 0 Å². The van der Waals surface area contributed by atoms with Crippen LogP contribution in [-0.2, 0) is 5.41 Å². The molecule has 23 heavy (non-hydrogen) atoms. The highest BCUT2D eigenvalue weighted by Gasteiger charge is 2.19. The van der Waals surface area contributed by atoms with Gasteiger partial charge in [0.1, 0.15) is 5.75 Å². The molecule has 0 fully saturated rings. The molecule has 2 aromatic carbocycles. The van der Waals surface area contributed by atoms with Crippen molar-refractivity contribution in [2.24, 2.45) is 4.99 Å². The number of phenolic OH excluding ortho intramolecular Hbond substituents is 1. The number of nitro benzene ring substituents is 1. The van der Waals surface area contributed by atoms with Crippen LogP contribution in [0.25, 0.3) is 0 Å². The van der Waals surface area contributed by atoms with E-state index in [9.17, 15) is 15.2 Å². The Balaban J connectivity index is 2.34. The summed E-state index contributed by atoms with van der Waals surface area (Å²) in [5.41, 5.74) is 3.12. The van der Waals surface area contributed by atoms with Gasteiger partial charge in [-0.25, -0.2) is 0 Å². The van der Waals surface area contributed by atoms with Gasteiger partial charge >= 0.3 is 0 Å². The lowest BCUT2D eigenvalue weighted by atomic mass is 9.85. The van der Waals surface area contributed by atoms with E-state index >= 15 is 0 Å². The third-order valence-corrected chi connectivity index (χ3v) is 3.58. The van der Waals surface area contributed by atoms with E-state index in [1.165, 1.54) is 12.1 Å². The maximum atomic E-state index is 10.6. The van der Waals surface area contributed by atoms with Crippen LogP contribution in [-0.4, -0.2) is 16.2 Å². The molecule has 0 aliphatic rings. The largest absolute Gasteiger partial charge is 0.508 e. The first kappa shape index (κ1) is 16.7. The van der Waals surface area contributed by atoms with E-state index < -0.39 is 4.92 Å². The monoisotopic (exact) mass is 312 g/mol. The van der Waals surface area contributed by atoms with Crippen LogP contribution in [0, 0.1) is 17.0 Å². The molecule has 0 radical (unpaired) electrons. The minimum Gasteiger partial charge on any atom is -0.508 e. The van der Waals surface area contributed by atoms with E-state index in [4.69, 9.17) is 0 Å². The van der Waals surface area contributed by atoms with Gasteiger partial charge in [-0.1, -0.05) is 20.8 Å². The number of benzene rings is 2. The molecule has 0 aromatic heterocycles. The SMILES string of the molecule is Cc1cc(O)c(C(C)(C)C)cc1N=Cc1ccc([N+](=O)[O-])cc1. The van der Waals surface area contributed by atoms with Gasteiger partial charge in [0.15, 0.2) is 0 Å². The molecule has 2 aromatic rings. The molecule has 0 amide bonds. The highest BCUT2D eigenvalue weighted by Crippen LogP contribution is 2.35. The minimum atomic E-state index is -0.430. The molecule has 0 bridgehead atoms. The molecule has 5 nitrogen and oxygen atoms in total. The van der Waals surface area contributed by atoms with Crippen LogP contribution >= 0.6 is 0 Å². The number of hydrogen-bond donors (Lipinski definition) is 1. The predicted octanol–water partition coefficient (Wildman–Crippen LogP) is 4.66. The third kappa shape index (κ3) is 3.94. The summed E-state index contributed by atoms with van der Waals surface area (Å²) < 4.78 is 0. The first-order chi connectivity index (χ1) is 10.7. The molecule has 0 heterocycles. The van der Waals surface area contributed by atoms with E-state index in [0.717, 1.165) is 22.4 Å². The third-order valence-electron chi connectivity index (χ3n) is 3.58. The molecule has 0 atom stereocenters. The molecule has 0 unspecified atom stereocenters. The Hall–Kier alpha value is -2.69. The molecule has 5 heteroatoms. The zero-order chi connectivity index (χ0) is 17.2. The van der Waals surface area contributed by atoms with Crippen LogP contribution in [0.5, 0.6) is 5.75 Å². The van der Waals surface area contributed by atoms with Crippen molar-refractivity contribution in [1.82, 2.24) is 0 Å². The first-order valence-corrected chi connectivity index (χ1v) is 7.31. The topological polar surface area (TPSA) is 75.7 Å².